The van der Waals surface area contributed by atoms with E-state index in [-0.39, 0.29) is 11.9 Å². The molecule has 0 unspecified atom stereocenters. The second kappa shape index (κ2) is 7.67. The maximum absolute atomic E-state index is 12.6. The van der Waals surface area contributed by atoms with E-state index in [9.17, 15) is 4.79 Å². The Hall–Kier alpha value is -3.42. The Bertz CT molecular complexity index is 944. The van der Waals surface area contributed by atoms with E-state index >= 15 is 0 Å². The van der Waals surface area contributed by atoms with E-state index in [0.29, 0.717) is 30.4 Å². The SMILES string of the molecule is C[C@H](NC(=O)c1cn2c(n1)CCN(c1nccc(N)n1)CC2)c1ccccc1. The third-order valence-corrected chi connectivity index (χ3v) is 4.90. The number of amides is 1. The maximum atomic E-state index is 12.6. The number of hydrogen-bond donors (Lipinski definition) is 2. The number of nitrogen functional groups attached to an aromatic ring is 1. The molecule has 1 atom stereocenters. The molecule has 4 rings (SSSR count). The lowest BCUT2D eigenvalue weighted by Crippen LogP contribution is -2.29. The Morgan fingerprint density at radius 1 is 1.14 bits per heavy atom. The molecule has 3 N–H and O–H groups in total. The summed E-state index contributed by atoms with van der Waals surface area (Å²) in [6.07, 6.45) is 4.20. The maximum Gasteiger partial charge on any atom is 0.271 e. The number of nitrogens with zero attached hydrogens (tertiary/aromatic N) is 5. The number of rotatable bonds is 4. The summed E-state index contributed by atoms with van der Waals surface area (Å²) in [7, 11) is 0. The van der Waals surface area contributed by atoms with Crippen LogP contribution in [0.25, 0.3) is 0 Å². The van der Waals surface area contributed by atoms with Crippen LogP contribution in [0.15, 0.2) is 48.8 Å². The highest BCUT2D eigenvalue weighted by Gasteiger charge is 2.21. The molecule has 1 amide bonds. The van der Waals surface area contributed by atoms with Gasteiger partial charge in [0.2, 0.25) is 5.95 Å². The molecule has 3 heterocycles. The minimum Gasteiger partial charge on any atom is -0.384 e. The van der Waals surface area contributed by atoms with Gasteiger partial charge in [-0.05, 0) is 18.6 Å². The van der Waals surface area contributed by atoms with E-state index in [2.05, 4.69) is 25.2 Å². The van der Waals surface area contributed by atoms with Crippen molar-refractivity contribution in [3.05, 3.63) is 65.9 Å². The zero-order valence-electron chi connectivity index (χ0n) is 15.7. The van der Waals surface area contributed by atoms with Crippen LogP contribution in [0, 0.1) is 0 Å². The van der Waals surface area contributed by atoms with Gasteiger partial charge in [0.15, 0.2) is 0 Å². The van der Waals surface area contributed by atoms with Crippen molar-refractivity contribution in [2.45, 2.75) is 25.9 Å². The van der Waals surface area contributed by atoms with Gasteiger partial charge in [-0.15, -0.1) is 0 Å². The van der Waals surface area contributed by atoms with E-state index in [1.807, 2.05) is 48.0 Å². The van der Waals surface area contributed by atoms with Crippen molar-refractivity contribution in [3.63, 3.8) is 0 Å². The van der Waals surface area contributed by atoms with Crippen molar-refractivity contribution in [2.75, 3.05) is 23.7 Å². The fourth-order valence-electron chi connectivity index (χ4n) is 3.34. The molecule has 0 radical (unpaired) electrons. The zero-order chi connectivity index (χ0) is 19.5. The third-order valence-electron chi connectivity index (χ3n) is 4.90. The van der Waals surface area contributed by atoms with Crippen LogP contribution in [0.1, 0.15) is 34.8 Å². The molecule has 1 aromatic carbocycles. The molecule has 8 nitrogen and oxygen atoms in total. The van der Waals surface area contributed by atoms with Crippen molar-refractivity contribution in [1.82, 2.24) is 24.8 Å². The van der Waals surface area contributed by atoms with Crippen molar-refractivity contribution in [3.8, 4) is 0 Å². The summed E-state index contributed by atoms with van der Waals surface area (Å²) in [5, 5.41) is 3.02. The highest BCUT2D eigenvalue weighted by molar-refractivity contribution is 5.92. The predicted molar refractivity (Wildman–Crippen MR) is 107 cm³/mol. The topological polar surface area (TPSA) is 102 Å². The fourth-order valence-corrected chi connectivity index (χ4v) is 3.34. The van der Waals surface area contributed by atoms with Crippen molar-refractivity contribution in [1.29, 1.82) is 0 Å². The standard InChI is InChI=1S/C20H23N7O/c1-14(15-5-3-2-4-6-15)23-19(28)16-13-27-12-11-26(10-8-18(27)24-16)20-22-9-7-17(21)25-20/h2-7,9,13-14H,8,10-12H2,1H3,(H,23,28)(H2,21,22,25)/t14-/m0/s1. The van der Waals surface area contributed by atoms with Crippen molar-refractivity contribution < 1.29 is 4.79 Å². The minimum absolute atomic E-state index is 0.0774. The van der Waals surface area contributed by atoms with Gasteiger partial charge in [-0.1, -0.05) is 30.3 Å². The van der Waals surface area contributed by atoms with Crippen LogP contribution in [0.3, 0.4) is 0 Å². The highest BCUT2D eigenvalue weighted by Crippen LogP contribution is 2.16. The van der Waals surface area contributed by atoms with E-state index in [4.69, 9.17) is 5.73 Å². The normalized spacial score (nSPS) is 14.8. The Morgan fingerprint density at radius 2 is 1.96 bits per heavy atom. The molecule has 1 aliphatic heterocycles. The Morgan fingerprint density at radius 3 is 2.75 bits per heavy atom. The molecule has 0 saturated carbocycles. The third kappa shape index (κ3) is 3.80. The summed E-state index contributed by atoms with van der Waals surface area (Å²) in [4.78, 5) is 27.9. The summed E-state index contributed by atoms with van der Waals surface area (Å²) in [6, 6.07) is 11.5. The molecule has 0 spiro atoms. The molecule has 0 saturated heterocycles. The van der Waals surface area contributed by atoms with Crippen LogP contribution < -0.4 is 16.0 Å². The number of benzene rings is 1. The molecule has 0 bridgehead atoms. The smallest absolute Gasteiger partial charge is 0.271 e. The van der Waals surface area contributed by atoms with Gasteiger partial charge in [0.05, 0.1) is 6.04 Å². The molecule has 0 fully saturated rings. The number of aromatic nitrogens is 4. The Labute approximate surface area is 163 Å². The fraction of sp³-hybridized carbons (Fsp3) is 0.300. The number of hydrogen-bond acceptors (Lipinski definition) is 6. The van der Waals surface area contributed by atoms with E-state index in [1.165, 1.54) is 0 Å². The first-order valence-electron chi connectivity index (χ1n) is 9.35. The van der Waals surface area contributed by atoms with Crippen molar-refractivity contribution in [2.24, 2.45) is 0 Å². The van der Waals surface area contributed by atoms with Gasteiger partial charge in [-0.3, -0.25) is 4.79 Å². The Kier molecular flexibility index (Phi) is 4.92. The summed E-state index contributed by atoms with van der Waals surface area (Å²) in [5.41, 5.74) is 7.28. The van der Waals surface area contributed by atoms with Crippen LogP contribution in [0.2, 0.25) is 0 Å². The van der Waals surface area contributed by atoms with Crippen LogP contribution in [-0.4, -0.2) is 38.5 Å². The van der Waals surface area contributed by atoms with Gasteiger partial charge >= 0.3 is 0 Å². The first kappa shape index (κ1) is 18.0. The number of nitrogens with two attached hydrogens (primary N) is 1. The number of imidazole rings is 1. The van der Waals surface area contributed by atoms with Crippen LogP contribution in [0.4, 0.5) is 11.8 Å². The molecule has 3 aromatic rings. The van der Waals surface area contributed by atoms with E-state index in [0.717, 1.165) is 24.5 Å². The summed E-state index contributed by atoms with van der Waals surface area (Å²) in [6.45, 7) is 4.13. The minimum atomic E-state index is -0.159. The average molecular weight is 377 g/mol. The van der Waals surface area contributed by atoms with Gasteiger partial charge in [0.25, 0.3) is 5.91 Å². The van der Waals surface area contributed by atoms with Gasteiger partial charge in [-0.2, -0.15) is 4.98 Å². The summed E-state index contributed by atoms with van der Waals surface area (Å²) in [5.74, 6) is 1.82. The van der Waals surface area contributed by atoms with Gasteiger partial charge in [0, 0.05) is 38.4 Å². The lowest BCUT2D eigenvalue weighted by Gasteiger charge is -2.19. The monoisotopic (exact) mass is 377 g/mol. The number of carbonyl (C=O) groups is 1. The zero-order valence-corrected chi connectivity index (χ0v) is 15.7. The quantitative estimate of drug-likeness (QED) is 0.719. The lowest BCUT2D eigenvalue weighted by molar-refractivity contribution is 0.0935. The largest absolute Gasteiger partial charge is 0.384 e. The first-order chi connectivity index (χ1) is 13.6. The number of fused-ring (bicyclic) bond motifs is 1. The second-order valence-corrected chi connectivity index (χ2v) is 6.86. The van der Waals surface area contributed by atoms with Gasteiger partial charge < -0.3 is 20.5 Å². The van der Waals surface area contributed by atoms with Gasteiger partial charge in [-0.25, -0.2) is 9.97 Å². The molecule has 2 aromatic heterocycles. The average Bonchev–Trinajstić information content (AvgIpc) is 3.02. The molecule has 144 valence electrons. The lowest BCUT2D eigenvalue weighted by atomic mass is 10.1. The predicted octanol–water partition coefficient (Wildman–Crippen LogP) is 1.81. The Balaban J connectivity index is 1.43. The van der Waals surface area contributed by atoms with E-state index < -0.39 is 0 Å². The molecule has 8 heteroatoms. The molecular weight excluding hydrogens is 354 g/mol. The number of carbonyl (C=O) groups excluding carboxylic acids is 1. The van der Waals surface area contributed by atoms with Crippen molar-refractivity contribution >= 4 is 17.7 Å². The number of anilines is 2. The number of nitrogens with one attached hydrogen (secondary N) is 1. The van der Waals surface area contributed by atoms with Crippen LogP contribution in [0.5, 0.6) is 0 Å². The van der Waals surface area contributed by atoms with Crippen LogP contribution in [-0.2, 0) is 13.0 Å². The molecule has 1 aliphatic rings. The van der Waals surface area contributed by atoms with Crippen LogP contribution >= 0.6 is 0 Å². The van der Waals surface area contributed by atoms with Gasteiger partial charge in [0.1, 0.15) is 17.3 Å². The molecule has 0 aliphatic carbocycles. The molecule has 28 heavy (non-hydrogen) atoms. The first-order valence-corrected chi connectivity index (χ1v) is 9.35. The summed E-state index contributed by atoms with van der Waals surface area (Å²) < 4.78 is 2.04. The second-order valence-electron chi connectivity index (χ2n) is 6.86. The van der Waals surface area contributed by atoms with E-state index in [1.54, 1.807) is 12.3 Å². The highest BCUT2D eigenvalue weighted by atomic mass is 16.2. The molecular formula is C20H23N7O. The summed E-state index contributed by atoms with van der Waals surface area (Å²) >= 11 is 0.